The number of carbonyl (C=O) groups is 1. The predicted molar refractivity (Wildman–Crippen MR) is 108 cm³/mol. The Morgan fingerprint density at radius 3 is 2.43 bits per heavy atom. The molecular weight excluding hydrogens is 354 g/mol. The maximum atomic E-state index is 12.6. The summed E-state index contributed by atoms with van der Waals surface area (Å²) in [4.78, 5) is 31.5. The summed E-state index contributed by atoms with van der Waals surface area (Å²) < 4.78 is 0. The third-order valence-corrected chi connectivity index (χ3v) is 5.30. The lowest BCUT2D eigenvalue weighted by Gasteiger charge is -2.35. The van der Waals surface area contributed by atoms with E-state index in [1.807, 2.05) is 28.0 Å². The minimum Gasteiger partial charge on any atom is -0.370 e. The molecule has 1 amide bonds. The highest BCUT2D eigenvalue weighted by Gasteiger charge is 2.22. The Balaban J connectivity index is 1.29. The first kappa shape index (κ1) is 18.2. The molecule has 0 unspecified atom stereocenters. The molecule has 8 nitrogen and oxygen atoms in total. The van der Waals surface area contributed by atoms with Crippen LogP contribution in [0.25, 0.3) is 0 Å². The van der Waals surface area contributed by atoms with Gasteiger partial charge in [0, 0.05) is 51.7 Å². The van der Waals surface area contributed by atoms with E-state index < -0.39 is 0 Å². The van der Waals surface area contributed by atoms with Crippen LogP contribution in [-0.4, -0.2) is 70.9 Å². The second kappa shape index (κ2) is 8.24. The van der Waals surface area contributed by atoms with Crippen LogP contribution in [0.2, 0.25) is 0 Å². The van der Waals surface area contributed by atoms with E-state index in [9.17, 15) is 4.79 Å². The number of nitrogens with two attached hydrogens (primary N) is 1. The molecule has 28 heavy (non-hydrogen) atoms. The number of aromatic nitrogens is 2. The molecule has 0 bridgehead atoms. The van der Waals surface area contributed by atoms with E-state index >= 15 is 0 Å². The largest absolute Gasteiger partial charge is 0.370 e. The van der Waals surface area contributed by atoms with Crippen LogP contribution >= 0.6 is 0 Å². The SMILES string of the molecule is NC(=NCC(=O)N1CCc2ccccc2C1)N1CCN(c2ncccn2)CC1. The molecule has 2 aliphatic heterocycles. The number of carbonyl (C=O) groups excluding carboxylic acids is 1. The Morgan fingerprint density at radius 1 is 0.964 bits per heavy atom. The number of guanidine groups is 1. The Hall–Kier alpha value is -3.16. The highest BCUT2D eigenvalue weighted by Crippen LogP contribution is 2.18. The van der Waals surface area contributed by atoms with Gasteiger partial charge in [-0.05, 0) is 23.6 Å². The number of anilines is 1. The standard InChI is InChI=1S/C20H25N7O/c21-19(25-10-12-26(13-11-25)20-22-7-3-8-23-20)24-14-18(28)27-9-6-16-4-1-2-5-17(16)15-27/h1-5,7-8H,6,9-15H2,(H2,21,24). The highest BCUT2D eigenvalue weighted by atomic mass is 16.2. The molecule has 2 N–H and O–H groups in total. The lowest BCUT2D eigenvalue weighted by Crippen LogP contribution is -2.51. The number of amides is 1. The summed E-state index contributed by atoms with van der Waals surface area (Å²) in [6, 6.07) is 10.1. The van der Waals surface area contributed by atoms with Crippen LogP contribution in [0.15, 0.2) is 47.7 Å². The van der Waals surface area contributed by atoms with Crippen LogP contribution in [0.4, 0.5) is 5.95 Å². The number of fused-ring (bicyclic) bond motifs is 1. The highest BCUT2D eigenvalue weighted by molar-refractivity contribution is 5.84. The van der Waals surface area contributed by atoms with E-state index in [0.717, 1.165) is 45.1 Å². The summed E-state index contributed by atoms with van der Waals surface area (Å²) in [6.45, 7) is 4.50. The number of rotatable bonds is 3. The molecule has 3 heterocycles. The molecule has 0 radical (unpaired) electrons. The van der Waals surface area contributed by atoms with E-state index in [1.54, 1.807) is 12.4 Å². The van der Waals surface area contributed by atoms with Crippen molar-refractivity contribution >= 4 is 17.8 Å². The fourth-order valence-corrected chi connectivity index (χ4v) is 3.65. The van der Waals surface area contributed by atoms with Gasteiger partial charge in [-0.25, -0.2) is 15.0 Å². The summed E-state index contributed by atoms with van der Waals surface area (Å²) in [6.07, 6.45) is 4.38. The summed E-state index contributed by atoms with van der Waals surface area (Å²) in [5.74, 6) is 1.19. The monoisotopic (exact) mass is 379 g/mol. The van der Waals surface area contributed by atoms with Gasteiger partial charge in [-0.2, -0.15) is 0 Å². The molecule has 0 atom stereocenters. The number of aliphatic imine (C=N–C) groups is 1. The summed E-state index contributed by atoms with van der Waals surface area (Å²) >= 11 is 0. The number of benzene rings is 1. The topological polar surface area (TPSA) is 91.0 Å². The van der Waals surface area contributed by atoms with Crippen molar-refractivity contribution in [2.24, 2.45) is 10.7 Å². The van der Waals surface area contributed by atoms with Gasteiger partial charge in [0.25, 0.3) is 0 Å². The fraction of sp³-hybridized carbons (Fsp3) is 0.400. The molecule has 4 rings (SSSR count). The maximum Gasteiger partial charge on any atom is 0.244 e. The second-order valence-corrected chi connectivity index (χ2v) is 7.03. The molecule has 0 spiro atoms. The van der Waals surface area contributed by atoms with Gasteiger partial charge in [-0.15, -0.1) is 0 Å². The average Bonchev–Trinajstić information content (AvgIpc) is 2.77. The molecule has 0 saturated carbocycles. The van der Waals surface area contributed by atoms with E-state index in [2.05, 4.69) is 32.0 Å². The summed E-state index contributed by atoms with van der Waals surface area (Å²) in [5.41, 5.74) is 8.69. The summed E-state index contributed by atoms with van der Waals surface area (Å²) in [7, 11) is 0. The van der Waals surface area contributed by atoms with Crippen molar-refractivity contribution < 1.29 is 4.79 Å². The smallest absolute Gasteiger partial charge is 0.244 e. The average molecular weight is 379 g/mol. The van der Waals surface area contributed by atoms with Crippen LogP contribution in [-0.2, 0) is 17.8 Å². The van der Waals surface area contributed by atoms with Gasteiger partial charge >= 0.3 is 0 Å². The van der Waals surface area contributed by atoms with Crippen molar-refractivity contribution in [3.05, 3.63) is 53.9 Å². The van der Waals surface area contributed by atoms with Crippen LogP contribution in [0.3, 0.4) is 0 Å². The Bertz CT molecular complexity index is 847. The first-order chi connectivity index (χ1) is 13.7. The number of hydrogen-bond acceptors (Lipinski definition) is 5. The van der Waals surface area contributed by atoms with Crippen molar-refractivity contribution in [2.45, 2.75) is 13.0 Å². The molecule has 1 fully saturated rings. The van der Waals surface area contributed by atoms with Gasteiger partial charge in [0.05, 0.1) is 0 Å². The van der Waals surface area contributed by atoms with Crippen molar-refractivity contribution in [2.75, 3.05) is 44.2 Å². The van der Waals surface area contributed by atoms with Crippen LogP contribution < -0.4 is 10.6 Å². The third-order valence-electron chi connectivity index (χ3n) is 5.30. The zero-order valence-electron chi connectivity index (χ0n) is 15.9. The Kier molecular flexibility index (Phi) is 5.36. The molecule has 2 aliphatic rings. The number of piperazine rings is 1. The van der Waals surface area contributed by atoms with Crippen LogP contribution in [0.1, 0.15) is 11.1 Å². The van der Waals surface area contributed by atoms with E-state index in [1.165, 1.54) is 11.1 Å². The number of hydrogen-bond donors (Lipinski definition) is 1. The van der Waals surface area contributed by atoms with Crippen LogP contribution in [0.5, 0.6) is 0 Å². The van der Waals surface area contributed by atoms with Crippen molar-refractivity contribution in [3.8, 4) is 0 Å². The van der Waals surface area contributed by atoms with Gasteiger partial charge in [-0.3, -0.25) is 4.79 Å². The first-order valence-electron chi connectivity index (χ1n) is 9.62. The quantitative estimate of drug-likeness (QED) is 0.617. The van der Waals surface area contributed by atoms with Crippen molar-refractivity contribution in [3.63, 3.8) is 0 Å². The van der Waals surface area contributed by atoms with Gasteiger partial charge < -0.3 is 20.4 Å². The van der Waals surface area contributed by atoms with Crippen molar-refractivity contribution in [1.82, 2.24) is 19.8 Å². The molecule has 8 heteroatoms. The molecule has 1 aromatic carbocycles. The Labute approximate surface area is 164 Å². The van der Waals surface area contributed by atoms with E-state index in [-0.39, 0.29) is 12.5 Å². The molecule has 0 aliphatic carbocycles. The third kappa shape index (κ3) is 4.05. The molecule has 1 saturated heterocycles. The van der Waals surface area contributed by atoms with E-state index in [0.29, 0.717) is 12.5 Å². The number of nitrogens with zero attached hydrogens (tertiary/aromatic N) is 6. The minimum absolute atomic E-state index is 0.0220. The summed E-state index contributed by atoms with van der Waals surface area (Å²) in [5, 5.41) is 0. The van der Waals surface area contributed by atoms with Crippen LogP contribution in [0, 0.1) is 0 Å². The van der Waals surface area contributed by atoms with Gasteiger partial charge in [0.15, 0.2) is 5.96 Å². The molecular formula is C20H25N7O. The lowest BCUT2D eigenvalue weighted by atomic mass is 10.00. The molecule has 2 aromatic rings. The zero-order valence-corrected chi connectivity index (χ0v) is 15.9. The predicted octanol–water partition coefficient (Wildman–Crippen LogP) is 0.498. The maximum absolute atomic E-state index is 12.6. The fourth-order valence-electron chi connectivity index (χ4n) is 3.65. The molecule has 146 valence electrons. The zero-order chi connectivity index (χ0) is 19.3. The Morgan fingerprint density at radius 2 is 1.68 bits per heavy atom. The normalized spacial score (nSPS) is 17.4. The van der Waals surface area contributed by atoms with Gasteiger partial charge in [0.1, 0.15) is 6.54 Å². The minimum atomic E-state index is 0.0220. The van der Waals surface area contributed by atoms with Gasteiger partial charge in [0.2, 0.25) is 11.9 Å². The van der Waals surface area contributed by atoms with E-state index in [4.69, 9.17) is 5.73 Å². The first-order valence-corrected chi connectivity index (χ1v) is 9.62. The molecule has 1 aromatic heterocycles. The lowest BCUT2D eigenvalue weighted by molar-refractivity contribution is -0.130. The second-order valence-electron chi connectivity index (χ2n) is 7.03. The van der Waals surface area contributed by atoms with Gasteiger partial charge in [-0.1, -0.05) is 24.3 Å². The van der Waals surface area contributed by atoms with Crippen molar-refractivity contribution in [1.29, 1.82) is 0 Å².